The molecule has 1 aliphatic carbocycles. The zero-order chi connectivity index (χ0) is 60.0. The molecule has 0 bridgehead atoms. The smallest absolute Gasteiger partial charge is 0.369 e. The Morgan fingerprint density at radius 3 is 1.16 bits per heavy atom. The van der Waals surface area contributed by atoms with E-state index in [9.17, 15) is 18.4 Å². The monoisotopic (exact) mass is 1160 g/mol. The maximum Gasteiger partial charge on any atom is 0.369 e. The van der Waals surface area contributed by atoms with Crippen LogP contribution < -0.4 is 42.6 Å². The summed E-state index contributed by atoms with van der Waals surface area (Å²) in [4.78, 5) is 22.3. The minimum Gasteiger partial charge on any atom is -0.458 e. The third-order valence-electron chi connectivity index (χ3n) is 13.1. The van der Waals surface area contributed by atoms with E-state index in [-0.39, 0.29) is 27.2 Å². The molecule has 0 heterocycles. The number of aryl methyl sites for hydroxylation is 1. The molecule has 14 nitrogen and oxygen atoms in total. The second-order valence-corrected chi connectivity index (χ2v) is 19.1. The van der Waals surface area contributed by atoms with Gasteiger partial charge in [0.25, 0.3) is 0 Å². The molecule has 8 aromatic carbocycles. The Morgan fingerprint density at radius 1 is 0.407 bits per heavy atom. The number of hydrogen-bond donors (Lipinski definition) is 0. The normalized spacial score (nSPS) is 13.4. The first-order valence-electron chi connectivity index (χ1n) is 27.1. The lowest BCUT2D eigenvalue weighted by Crippen LogP contribution is -2.10. The molecule has 1 aliphatic rings. The Kier molecular flexibility index (Phi) is 20.9. The number of esters is 2. The average Bonchev–Trinajstić information content (AvgIpc) is 3.54. The van der Waals surface area contributed by atoms with E-state index in [0.717, 1.165) is 56.1 Å². The van der Waals surface area contributed by atoms with Crippen LogP contribution in [0.2, 0.25) is 0 Å². The van der Waals surface area contributed by atoms with Crippen molar-refractivity contribution in [2.45, 2.75) is 26.7 Å². The van der Waals surface area contributed by atoms with E-state index in [0.29, 0.717) is 63.9 Å². The third kappa shape index (κ3) is 17.6. The molecule has 0 unspecified atom stereocenters. The number of benzene rings is 8. The number of halogens is 2. The lowest BCUT2D eigenvalue weighted by Gasteiger charge is -2.18. The zero-order valence-electron chi connectivity index (χ0n) is 47.2. The van der Waals surface area contributed by atoms with Gasteiger partial charge in [-0.3, -0.25) is 0 Å². The lowest BCUT2D eigenvalue weighted by atomic mass is 9.93. The molecular formula is C70H60F2O14. The molecule has 438 valence electrons. The Balaban J connectivity index is 0.778. The Hall–Kier alpha value is -10.7. The highest BCUT2D eigenvalue weighted by atomic mass is 19.1. The van der Waals surface area contributed by atoms with Crippen LogP contribution in [-0.2, 0) is 23.8 Å². The largest absolute Gasteiger partial charge is 0.458 e. The number of ether oxygens (including phenoxy) is 12. The van der Waals surface area contributed by atoms with Gasteiger partial charge < -0.3 is 56.8 Å². The quantitative estimate of drug-likeness (QED) is 0.0273. The molecule has 9 rings (SSSR count). The summed E-state index contributed by atoms with van der Waals surface area (Å²) in [5, 5.41) is 2.06. The molecule has 0 saturated carbocycles. The van der Waals surface area contributed by atoms with Crippen LogP contribution >= 0.6 is 0 Å². The van der Waals surface area contributed by atoms with Crippen molar-refractivity contribution in [2.75, 3.05) is 40.8 Å². The van der Waals surface area contributed by atoms with Crippen molar-refractivity contribution in [2.24, 2.45) is 0 Å². The van der Waals surface area contributed by atoms with Gasteiger partial charge in [-0.15, -0.1) is 0 Å². The van der Waals surface area contributed by atoms with Gasteiger partial charge >= 0.3 is 11.9 Å². The van der Waals surface area contributed by atoms with Crippen LogP contribution in [0.15, 0.2) is 242 Å². The van der Waals surface area contributed by atoms with Gasteiger partial charge in [0.05, 0.1) is 0 Å². The number of rotatable bonds is 27. The molecule has 0 amide bonds. The van der Waals surface area contributed by atoms with E-state index in [1.165, 1.54) is 5.57 Å². The number of carbonyl (C=O) groups is 2. The van der Waals surface area contributed by atoms with Crippen molar-refractivity contribution < 1.29 is 75.2 Å². The van der Waals surface area contributed by atoms with E-state index in [2.05, 4.69) is 79.0 Å². The fourth-order valence-electron chi connectivity index (χ4n) is 8.59. The summed E-state index contributed by atoms with van der Waals surface area (Å²) in [7, 11) is 0. The van der Waals surface area contributed by atoms with Gasteiger partial charge in [0, 0.05) is 5.57 Å². The van der Waals surface area contributed by atoms with E-state index >= 15 is 0 Å². The highest BCUT2D eigenvalue weighted by Gasteiger charge is 2.17. The Labute approximate surface area is 496 Å². The van der Waals surface area contributed by atoms with Crippen molar-refractivity contribution in [3.63, 3.8) is 0 Å². The van der Waals surface area contributed by atoms with Crippen molar-refractivity contribution in [1.29, 1.82) is 0 Å². The van der Waals surface area contributed by atoms with E-state index in [4.69, 9.17) is 47.4 Å². The summed E-state index contributed by atoms with van der Waals surface area (Å²) in [5.74, 6) is 0.913. The number of allylic oxidation sites excluding steroid dienone is 7. The van der Waals surface area contributed by atoms with E-state index in [1.807, 2.05) is 115 Å². The Morgan fingerprint density at radius 2 is 0.767 bits per heavy atom. The summed E-state index contributed by atoms with van der Waals surface area (Å²) in [6.07, 6.45) is 11.8. The summed E-state index contributed by atoms with van der Waals surface area (Å²) in [6, 6.07) is 54.4. The van der Waals surface area contributed by atoms with E-state index in [1.54, 1.807) is 48.5 Å². The predicted octanol–water partition coefficient (Wildman–Crippen LogP) is 16.1. The maximum absolute atomic E-state index is 12.8. The van der Waals surface area contributed by atoms with Gasteiger partial charge in [-0.05, 0) is 181 Å². The van der Waals surface area contributed by atoms with Crippen LogP contribution in [0.25, 0.3) is 38.6 Å². The summed E-state index contributed by atoms with van der Waals surface area (Å²) in [5.41, 5.74) is 8.13. The van der Waals surface area contributed by atoms with Crippen molar-refractivity contribution in [3.05, 3.63) is 254 Å². The van der Waals surface area contributed by atoms with Gasteiger partial charge in [-0.2, -0.15) is 8.78 Å². The minimum atomic E-state index is -1.20. The lowest BCUT2D eigenvalue weighted by molar-refractivity contribution is -0.148. The molecule has 0 fully saturated rings. The predicted molar refractivity (Wildman–Crippen MR) is 322 cm³/mol. The van der Waals surface area contributed by atoms with Gasteiger partial charge in [0.15, 0.2) is 0 Å². The van der Waals surface area contributed by atoms with Crippen LogP contribution in [-0.4, -0.2) is 52.7 Å². The van der Waals surface area contributed by atoms with Crippen molar-refractivity contribution in [3.8, 4) is 74.0 Å². The summed E-state index contributed by atoms with van der Waals surface area (Å²) in [6.45, 7) is 8.86. The van der Waals surface area contributed by atoms with Crippen LogP contribution in [0.4, 0.5) is 8.78 Å². The molecule has 16 heteroatoms. The molecule has 0 spiro atoms. The van der Waals surface area contributed by atoms with Crippen LogP contribution in [0.5, 0.6) is 51.7 Å². The highest BCUT2D eigenvalue weighted by molar-refractivity contribution is 5.96. The highest BCUT2D eigenvalue weighted by Crippen LogP contribution is 2.37. The van der Waals surface area contributed by atoms with Gasteiger partial charge in [-0.1, -0.05) is 115 Å². The molecular weight excluding hydrogens is 1100 g/mol. The van der Waals surface area contributed by atoms with Gasteiger partial charge in [-0.25, -0.2) is 9.59 Å². The van der Waals surface area contributed by atoms with Crippen molar-refractivity contribution in [1.82, 2.24) is 0 Å². The van der Waals surface area contributed by atoms with Gasteiger partial charge in [0.2, 0.25) is 52.4 Å². The molecule has 0 aromatic heterocycles. The minimum absolute atomic E-state index is 0.0328. The SMILES string of the molecule is C=C(F)C(=O)OCOc1ccc(OCOc2ccc(-c3ccc(OCOC4=C(c5cc(OCOc6ccc(-c7ccc(OCOc8ccc(OCOC(=O)C(=C)F)cc8)cc7)cc6)cc6cc(C)ccc56)C/C=C\C(C)=C/C/C=C\4)cc3)cc2)cc1. The maximum atomic E-state index is 12.8. The van der Waals surface area contributed by atoms with Crippen LogP contribution in [0, 0.1) is 6.92 Å². The zero-order valence-corrected chi connectivity index (χ0v) is 47.2. The fraction of sp³-hybridized carbons (Fsp3) is 0.143. The first-order chi connectivity index (χ1) is 41.9. The molecule has 8 aromatic rings. The van der Waals surface area contributed by atoms with Crippen molar-refractivity contribution >= 4 is 28.3 Å². The number of hydrogen-bond acceptors (Lipinski definition) is 14. The number of fused-ring (bicyclic) bond motifs is 1. The average molecular weight is 1160 g/mol. The molecule has 0 radical (unpaired) electrons. The van der Waals surface area contributed by atoms with Gasteiger partial charge in [0.1, 0.15) is 57.5 Å². The molecule has 0 atom stereocenters. The fourth-order valence-corrected chi connectivity index (χ4v) is 8.59. The van der Waals surface area contributed by atoms with Crippen LogP contribution in [0.3, 0.4) is 0 Å². The Bertz CT molecular complexity index is 3740. The second-order valence-electron chi connectivity index (χ2n) is 19.1. The molecule has 86 heavy (non-hydrogen) atoms. The van der Waals surface area contributed by atoms with Crippen LogP contribution in [0.1, 0.15) is 30.9 Å². The third-order valence-corrected chi connectivity index (χ3v) is 13.1. The summed E-state index contributed by atoms with van der Waals surface area (Å²) >= 11 is 0. The molecule has 0 aliphatic heterocycles. The standard InChI is InChI=1S/C70H60F2O14/c1-47-8-5-6-11-68(84-44-80-59-27-19-54(20-28-59)52-15-23-57(24-16-52)76-42-78-61-31-35-63(36-32-61)82-46-86-70(74)50(4)72)66(10-7-9-47)67-40-64(39-55-38-48(2)12-37-65(55)67)83-43-79-58-25-17-53(18-26-58)51-13-21-56(22-14-51)75-41-77-60-29-33-62(34-30-60)81-45-85-69(73)49(3)71/h6-9,11-40H,3-5,10,41-46H2,1-2H3/b9-7-,11-6-,47-8-,68-66?. The first-order valence-corrected chi connectivity index (χ1v) is 27.1. The second kappa shape index (κ2) is 30.0. The summed E-state index contributed by atoms with van der Waals surface area (Å²) < 4.78 is 93.5. The molecule has 0 saturated heterocycles. The topological polar surface area (TPSA) is 145 Å². The first kappa shape index (κ1) is 59.9. The number of carbonyl (C=O) groups excluding carboxylic acids is 2. The van der Waals surface area contributed by atoms with E-state index < -0.39 is 37.2 Å². The molecule has 0 N–H and O–H groups in total.